The largest absolute Gasteiger partial charge is 0.372 e. The molecule has 3 rings (SSSR count). The minimum Gasteiger partial charge on any atom is -0.372 e. The van der Waals surface area contributed by atoms with Crippen LogP contribution >= 0.6 is 0 Å². The summed E-state index contributed by atoms with van der Waals surface area (Å²) in [5.41, 5.74) is 1.14. The van der Waals surface area contributed by atoms with Crippen molar-refractivity contribution in [2.45, 2.75) is 43.8 Å². The maximum absolute atomic E-state index is 12.6. The molecule has 0 aliphatic carbocycles. The van der Waals surface area contributed by atoms with Gasteiger partial charge < -0.3 is 4.74 Å². The molecule has 3 heterocycles. The standard InChI is InChI=1S/C11H17N3O3S/c1-7-11(8(2)13-12-7)18(15,16)14-5-9-3-4-10(6-14)17-9/h9-10H,3-6H2,1-2H3,(H,12,13). The van der Waals surface area contributed by atoms with E-state index in [1.54, 1.807) is 18.2 Å². The van der Waals surface area contributed by atoms with Gasteiger partial charge in [-0.2, -0.15) is 9.40 Å². The maximum Gasteiger partial charge on any atom is 0.246 e. The number of rotatable bonds is 2. The first-order chi connectivity index (χ1) is 8.48. The second-order valence-electron chi connectivity index (χ2n) is 5.04. The van der Waals surface area contributed by atoms with E-state index in [9.17, 15) is 8.42 Å². The summed E-state index contributed by atoms with van der Waals surface area (Å²) in [6.07, 6.45) is 2.04. The van der Waals surface area contributed by atoms with Crippen molar-refractivity contribution in [1.82, 2.24) is 14.5 Å². The molecular weight excluding hydrogens is 254 g/mol. The smallest absolute Gasteiger partial charge is 0.246 e. The molecule has 0 radical (unpaired) electrons. The van der Waals surface area contributed by atoms with Crippen LogP contribution in [0.5, 0.6) is 0 Å². The first-order valence-corrected chi connectivity index (χ1v) is 7.59. The van der Waals surface area contributed by atoms with E-state index in [-0.39, 0.29) is 12.2 Å². The van der Waals surface area contributed by atoms with Crippen molar-refractivity contribution in [1.29, 1.82) is 0 Å². The predicted octanol–water partition coefficient (Wildman–Crippen LogP) is 0.578. The number of ether oxygens (including phenoxy) is 1. The Bertz CT molecular complexity index is 535. The number of sulfonamides is 1. The van der Waals surface area contributed by atoms with Gasteiger partial charge in [-0.05, 0) is 26.7 Å². The van der Waals surface area contributed by atoms with Gasteiger partial charge in [-0.15, -0.1) is 0 Å². The van der Waals surface area contributed by atoms with Gasteiger partial charge in [0.2, 0.25) is 10.0 Å². The van der Waals surface area contributed by atoms with Crippen LogP contribution in [0.15, 0.2) is 4.90 Å². The Kier molecular flexibility index (Phi) is 2.72. The van der Waals surface area contributed by atoms with Crippen LogP contribution in [0.25, 0.3) is 0 Å². The molecule has 100 valence electrons. The van der Waals surface area contributed by atoms with Crippen LogP contribution in [0.2, 0.25) is 0 Å². The molecule has 0 amide bonds. The van der Waals surface area contributed by atoms with Gasteiger partial charge in [0.25, 0.3) is 0 Å². The Balaban J connectivity index is 1.96. The van der Waals surface area contributed by atoms with Gasteiger partial charge in [0.15, 0.2) is 0 Å². The number of aromatic nitrogens is 2. The van der Waals surface area contributed by atoms with Gasteiger partial charge in [-0.1, -0.05) is 0 Å². The molecule has 7 heteroatoms. The Hall–Kier alpha value is -0.920. The van der Waals surface area contributed by atoms with Gasteiger partial charge in [0.1, 0.15) is 4.90 Å². The van der Waals surface area contributed by atoms with Crippen molar-refractivity contribution in [3.63, 3.8) is 0 Å². The zero-order valence-electron chi connectivity index (χ0n) is 10.5. The summed E-state index contributed by atoms with van der Waals surface area (Å²) in [4.78, 5) is 0.323. The summed E-state index contributed by atoms with van der Waals surface area (Å²) in [6.45, 7) is 4.37. The molecule has 0 aromatic carbocycles. The fraction of sp³-hybridized carbons (Fsp3) is 0.727. The Morgan fingerprint density at radius 1 is 1.28 bits per heavy atom. The number of hydrogen-bond acceptors (Lipinski definition) is 4. The van der Waals surface area contributed by atoms with Crippen LogP contribution in [-0.4, -0.2) is 48.2 Å². The van der Waals surface area contributed by atoms with E-state index in [1.165, 1.54) is 0 Å². The van der Waals surface area contributed by atoms with Crippen molar-refractivity contribution in [2.75, 3.05) is 13.1 Å². The van der Waals surface area contributed by atoms with Crippen LogP contribution in [0, 0.1) is 13.8 Å². The van der Waals surface area contributed by atoms with Crippen molar-refractivity contribution in [3.05, 3.63) is 11.4 Å². The number of aryl methyl sites for hydroxylation is 2. The van der Waals surface area contributed by atoms with Gasteiger partial charge in [0.05, 0.1) is 23.6 Å². The molecule has 2 bridgehead atoms. The normalized spacial score (nSPS) is 28.8. The van der Waals surface area contributed by atoms with Crippen LogP contribution in [0.4, 0.5) is 0 Å². The lowest BCUT2D eigenvalue weighted by Gasteiger charge is -2.31. The van der Waals surface area contributed by atoms with E-state index in [0.717, 1.165) is 12.8 Å². The molecule has 1 aromatic rings. The van der Waals surface area contributed by atoms with Gasteiger partial charge >= 0.3 is 0 Å². The monoisotopic (exact) mass is 271 g/mol. The predicted molar refractivity (Wildman–Crippen MR) is 64.7 cm³/mol. The number of nitrogens with one attached hydrogen (secondary N) is 1. The van der Waals surface area contributed by atoms with Crippen LogP contribution < -0.4 is 0 Å². The zero-order chi connectivity index (χ0) is 12.9. The van der Waals surface area contributed by atoms with Crippen molar-refractivity contribution in [2.24, 2.45) is 0 Å². The Morgan fingerprint density at radius 3 is 2.39 bits per heavy atom. The molecule has 6 nitrogen and oxygen atoms in total. The van der Waals surface area contributed by atoms with Crippen molar-refractivity contribution < 1.29 is 13.2 Å². The highest BCUT2D eigenvalue weighted by molar-refractivity contribution is 7.89. The van der Waals surface area contributed by atoms with Gasteiger partial charge in [-0.25, -0.2) is 8.42 Å². The molecule has 2 aliphatic rings. The second kappa shape index (κ2) is 4.04. The molecule has 0 saturated carbocycles. The average molecular weight is 271 g/mol. The highest BCUT2D eigenvalue weighted by Crippen LogP contribution is 2.31. The van der Waals surface area contributed by atoms with E-state index in [0.29, 0.717) is 29.4 Å². The molecular formula is C11H17N3O3S. The maximum atomic E-state index is 12.6. The van der Waals surface area contributed by atoms with Crippen LogP contribution in [-0.2, 0) is 14.8 Å². The molecule has 2 aliphatic heterocycles. The van der Waals surface area contributed by atoms with E-state index in [2.05, 4.69) is 10.2 Å². The number of hydrogen-bond donors (Lipinski definition) is 1. The highest BCUT2D eigenvalue weighted by Gasteiger charge is 2.40. The number of nitrogens with zero attached hydrogens (tertiary/aromatic N) is 2. The zero-order valence-corrected chi connectivity index (χ0v) is 11.3. The molecule has 0 spiro atoms. The highest BCUT2D eigenvalue weighted by atomic mass is 32.2. The first-order valence-electron chi connectivity index (χ1n) is 6.15. The van der Waals surface area contributed by atoms with E-state index < -0.39 is 10.0 Å². The minimum absolute atomic E-state index is 0.0611. The second-order valence-corrected chi connectivity index (χ2v) is 6.92. The summed E-state index contributed by atoms with van der Waals surface area (Å²) in [5, 5.41) is 6.70. The molecule has 2 saturated heterocycles. The van der Waals surface area contributed by atoms with E-state index in [1.807, 2.05) is 0 Å². The summed E-state index contributed by atoms with van der Waals surface area (Å²) in [7, 11) is -3.45. The van der Waals surface area contributed by atoms with Crippen molar-refractivity contribution >= 4 is 10.0 Å². The quantitative estimate of drug-likeness (QED) is 0.853. The van der Waals surface area contributed by atoms with Crippen LogP contribution in [0.3, 0.4) is 0 Å². The van der Waals surface area contributed by atoms with E-state index >= 15 is 0 Å². The summed E-state index contributed by atoms with van der Waals surface area (Å²) >= 11 is 0. The topological polar surface area (TPSA) is 75.3 Å². The molecule has 2 unspecified atom stereocenters. The van der Waals surface area contributed by atoms with E-state index in [4.69, 9.17) is 4.74 Å². The number of morpholine rings is 1. The Labute approximate surface area is 106 Å². The third-order valence-electron chi connectivity index (χ3n) is 3.67. The summed E-state index contributed by atoms with van der Waals surface area (Å²) in [6, 6.07) is 0. The molecule has 18 heavy (non-hydrogen) atoms. The molecule has 2 fully saturated rings. The average Bonchev–Trinajstić information content (AvgIpc) is 2.82. The molecule has 1 N–H and O–H groups in total. The third-order valence-corrected chi connectivity index (χ3v) is 5.76. The van der Waals surface area contributed by atoms with Gasteiger partial charge in [0, 0.05) is 13.1 Å². The van der Waals surface area contributed by atoms with Crippen molar-refractivity contribution in [3.8, 4) is 0 Å². The van der Waals surface area contributed by atoms with Gasteiger partial charge in [-0.3, -0.25) is 5.10 Å². The fourth-order valence-corrected chi connectivity index (χ4v) is 4.66. The molecule has 1 aromatic heterocycles. The third kappa shape index (κ3) is 1.77. The number of fused-ring (bicyclic) bond motifs is 2. The first kappa shape index (κ1) is 12.1. The Morgan fingerprint density at radius 2 is 1.89 bits per heavy atom. The minimum atomic E-state index is -3.45. The lowest BCUT2D eigenvalue weighted by molar-refractivity contribution is -0.0114. The SMILES string of the molecule is Cc1n[nH]c(C)c1S(=O)(=O)N1CC2CCC(C1)O2. The summed E-state index contributed by atoms with van der Waals surface area (Å²) < 4.78 is 32.5. The lowest BCUT2D eigenvalue weighted by atomic mass is 10.2. The fourth-order valence-electron chi connectivity index (χ4n) is 2.82. The lowest BCUT2D eigenvalue weighted by Crippen LogP contribution is -2.45. The summed E-state index contributed by atoms with van der Waals surface area (Å²) in [5.74, 6) is 0. The number of aromatic amines is 1. The molecule has 2 atom stereocenters. The van der Waals surface area contributed by atoms with Crippen LogP contribution in [0.1, 0.15) is 24.2 Å². The number of H-pyrrole nitrogens is 1.